The van der Waals surface area contributed by atoms with E-state index in [0.717, 1.165) is 11.1 Å². The molecule has 0 spiro atoms. The van der Waals surface area contributed by atoms with Gasteiger partial charge in [0, 0.05) is 23.5 Å². The van der Waals surface area contributed by atoms with Crippen LogP contribution in [0.2, 0.25) is 0 Å². The highest BCUT2D eigenvalue weighted by Crippen LogP contribution is 2.23. The lowest BCUT2D eigenvalue weighted by molar-refractivity contribution is 0.909. The van der Waals surface area contributed by atoms with Gasteiger partial charge in [0.2, 0.25) is 5.95 Å². The normalized spacial score (nSPS) is 11.0. The van der Waals surface area contributed by atoms with E-state index in [1.807, 2.05) is 4.57 Å². The van der Waals surface area contributed by atoms with Crippen LogP contribution in [0.1, 0.15) is 22.3 Å². The van der Waals surface area contributed by atoms with Gasteiger partial charge >= 0.3 is 0 Å². The maximum atomic E-state index is 4.75. The number of hydrogen-bond acceptors (Lipinski definition) is 3. The molecule has 0 unspecified atom stereocenters. The third kappa shape index (κ3) is 3.51. The Balaban J connectivity index is 1.90. The van der Waals surface area contributed by atoms with Gasteiger partial charge < -0.3 is 0 Å². The molecule has 4 rings (SSSR count). The lowest BCUT2D eigenvalue weighted by atomic mass is 10.1. The second kappa shape index (κ2) is 6.80. The summed E-state index contributed by atoms with van der Waals surface area (Å²) in [6.45, 7) is 8.33. The van der Waals surface area contributed by atoms with E-state index in [1.165, 1.54) is 22.3 Å². The molecule has 0 aliphatic carbocycles. The Morgan fingerprint density at radius 3 is 1.37 bits per heavy atom. The van der Waals surface area contributed by atoms with Crippen molar-refractivity contribution >= 4 is 0 Å². The average Bonchev–Trinajstić information content (AvgIpc) is 3.01. The first-order valence-electron chi connectivity index (χ1n) is 9.05. The predicted molar refractivity (Wildman–Crippen MR) is 109 cm³/mol. The van der Waals surface area contributed by atoms with Crippen molar-refractivity contribution < 1.29 is 0 Å². The molecular formula is C23H22N4. The quantitative estimate of drug-likeness (QED) is 0.506. The van der Waals surface area contributed by atoms with E-state index >= 15 is 0 Å². The Labute approximate surface area is 159 Å². The minimum Gasteiger partial charge on any atom is -0.292 e. The molecular weight excluding hydrogens is 332 g/mol. The summed E-state index contributed by atoms with van der Waals surface area (Å²) in [7, 11) is 0. The van der Waals surface area contributed by atoms with E-state index in [2.05, 4.69) is 88.6 Å². The first kappa shape index (κ1) is 17.2. The highest BCUT2D eigenvalue weighted by Gasteiger charge is 2.12. The number of rotatable bonds is 3. The van der Waals surface area contributed by atoms with Crippen molar-refractivity contribution in [2.45, 2.75) is 27.7 Å². The molecule has 4 heteroatoms. The molecule has 4 nitrogen and oxygen atoms in total. The number of aryl methyl sites for hydroxylation is 4. The van der Waals surface area contributed by atoms with Crippen molar-refractivity contribution in [1.29, 1.82) is 0 Å². The molecule has 27 heavy (non-hydrogen) atoms. The van der Waals surface area contributed by atoms with Crippen LogP contribution in [0.5, 0.6) is 0 Å². The second-order valence-corrected chi connectivity index (χ2v) is 7.05. The standard InChI is InChI=1S/C23H22N4/c1-15-5-9-19(10-6-15)21-24-22(20-11-7-16(2)8-12-20)26-23(25-21)27-13-17(3)18(4)14-27/h5-14H,1-4H3. The van der Waals surface area contributed by atoms with E-state index in [0.29, 0.717) is 17.6 Å². The van der Waals surface area contributed by atoms with Gasteiger partial charge in [0.15, 0.2) is 11.6 Å². The topological polar surface area (TPSA) is 43.6 Å². The fraction of sp³-hybridized carbons (Fsp3) is 0.174. The zero-order chi connectivity index (χ0) is 19.0. The maximum absolute atomic E-state index is 4.75. The van der Waals surface area contributed by atoms with Gasteiger partial charge in [0.05, 0.1) is 0 Å². The molecule has 0 radical (unpaired) electrons. The summed E-state index contributed by atoms with van der Waals surface area (Å²) in [4.78, 5) is 14.2. The molecule has 134 valence electrons. The Kier molecular flexibility index (Phi) is 4.32. The number of aromatic nitrogens is 4. The first-order chi connectivity index (χ1) is 13.0. The maximum Gasteiger partial charge on any atom is 0.237 e. The average molecular weight is 354 g/mol. The van der Waals surface area contributed by atoms with Crippen molar-refractivity contribution in [1.82, 2.24) is 19.5 Å². The smallest absolute Gasteiger partial charge is 0.237 e. The van der Waals surface area contributed by atoms with Gasteiger partial charge in [-0.3, -0.25) is 4.57 Å². The Hall–Kier alpha value is -3.27. The van der Waals surface area contributed by atoms with Crippen LogP contribution in [-0.4, -0.2) is 19.5 Å². The SMILES string of the molecule is Cc1ccc(-c2nc(-c3ccc(C)cc3)nc(-n3cc(C)c(C)c3)n2)cc1. The minimum atomic E-state index is 0.632. The van der Waals surface area contributed by atoms with Crippen LogP contribution in [-0.2, 0) is 0 Å². The zero-order valence-corrected chi connectivity index (χ0v) is 16.1. The third-order valence-electron chi connectivity index (χ3n) is 4.76. The molecule has 0 saturated carbocycles. The molecule has 4 aromatic rings. The van der Waals surface area contributed by atoms with Crippen molar-refractivity contribution in [3.05, 3.63) is 83.2 Å². The number of hydrogen-bond donors (Lipinski definition) is 0. The lowest BCUT2D eigenvalue weighted by Gasteiger charge is -2.09. The lowest BCUT2D eigenvalue weighted by Crippen LogP contribution is -2.05. The van der Waals surface area contributed by atoms with Crippen molar-refractivity contribution in [2.24, 2.45) is 0 Å². The first-order valence-corrected chi connectivity index (χ1v) is 9.05. The zero-order valence-electron chi connectivity index (χ0n) is 16.1. The van der Waals surface area contributed by atoms with Crippen LogP contribution >= 0.6 is 0 Å². The molecule has 0 N–H and O–H groups in total. The van der Waals surface area contributed by atoms with Crippen LogP contribution in [0.4, 0.5) is 0 Å². The Morgan fingerprint density at radius 2 is 0.963 bits per heavy atom. The molecule has 0 fully saturated rings. The summed E-state index contributed by atoms with van der Waals surface area (Å²) in [5.41, 5.74) is 6.82. The summed E-state index contributed by atoms with van der Waals surface area (Å²) in [6, 6.07) is 16.5. The van der Waals surface area contributed by atoms with Crippen molar-refractivity contribution in [2.75, 3.05) is 0 Å². The van der Waals surface area contributed by atoms with Gasteiger partial charge in [-0.25, -0.2) is 4.98 Å². The highest BCUT2D eigenvalue weighted by atomic mass is 15.2. The molecule has 2 aromatic carbocycles. The van der Waals surface area contributed by atoms with Gasteiger partial charge in [-0.1, -0.05) is 59.7 Å². The molecule has 0 aliphatic rings. The van der Waals surface area contributed by atoms with E-state index in [4.69, 9.17) is 15.0 Å². The molecule has 0 saturated heterocycles. The van der Waals surface area contributed by atoms with E-state index < -0.39 is 0 Å². The van der Waals surface area contributed by atoms with Gasteiger partial charge in [0.1, 0.15) is 0 Å². The van der Waals surface area contributed by atoms with Crippen LogP contribution in [0.3, 0.4) is 0 Å². The van der Waals surface area contributed by atoms with Crippen LogP contribution in [0.25, 0.3) is 28.7 Å². The predicted octanol–water partition coefficient (Wildman–Crippen LogP) is 5.23. The summed E-state index contributed by atoms with van der Waals surface area (Å²) >= 11 is 0. The molecule has 0 bridgehead atoms. The molecule has 2 aromatic heterocycles. The van der Waals surface area contributed by atoms with Crippen LogP contribution < -0.4 is 0 Å². The van der Waals surface area contributed by atoms with E-state index in [-0.39, 0.29) is 0 Å². The summed E-state index contributed by atoms with van der Waals surface area (Å²) < 4.78 is 1.97. The monoisotopic (exact) mass is 354 g/mol. The Morgan fingerprint density at radius 1 is 0.556 bits per heavy atom. The molecule has 0 atom stereocenters. The number of nitrogens with zero attached hydrogens (tertiary/aromatic N) is 4. The number of benzene rings is 2. The molecule has 0 aliphatic heterocycles. The summed E-state index contributed by atoms with van der Waals surface area (Å²) in [5, 5.41) is 0. The second-order valence-electron chi connectivity index (χ2n) is 7.05. The van der Waals surface area contributed by atoms with E-state index in [9.17, 15) is 0 Å². The summed E-state index contributed by atoms with van der Waals surface area (Å²) in [5.74, 6) is 1.99. The molecule has 2 heterocycles. The van der Waals surface area contributed by atoms with Crippen LogP contribution in [0.15, 0.2) is 60.9 Å². The fourth-order valence-corrected chi connectivity index (χ4v) is 2.92. The van der Waals surface area contributed by atoms with Gasteiger partial charge in [-0.2, -0.15) is 9.97 Å². The Bertz CT molecular complexity index is 1010. The minimum absolute atomic E-state index is 0.632. The van der Waals surface area contributed by atoms with Crippen LogP contribution in [0, 0.1) is 27.7 Å². The van der Waals surface area contributed by atoms with Gasteiger partial charge in [-0.05, 0) is 38.8 Å². The van der Waals surface area contributed by atoms with Gasteiger partial charge in [-0.15, -0.1) is 0 Å². The highest BCUT2D eigenvalue weighted by molar-refractivity contribution is 5.62. The summed E-state index contributed by atoms with van der Waals surface area (Å²) in [6.07, 6.45) is 4.12. The molecule has 0 amide bonds. The largest absolute Gasteiger partial charge is 0.292 e. The van der Waals surface area contributed by atoms with Crippen molar-refractivity contribution in [3.8, 4) is 28.7 Å². The van der Waals surface area contributed by atoms with Crippen molar-refractivity contribution in [3.63, 3.8) is 0 Å². The van der Waals surface area contributed by atoms with E-state index in [1.54, 1.807) is 0 Å². The third-order valence-corrected chi connectivity index (χ3v) is 4.76. The van der Waals surface area contributed by atoms with Gasteiger partial charge in [0.25, 0.3) is 0 Å². The fourth-order valence-electron chi connectivity index (χ4n) is 2.92.